The third-order valence-corrected chi connectivity index (χ3v) is 14.0. The van der Waals surface area contributed by atoms with Gasteiger partial charge in [0.2, 0.25) is 0 Å². The molecule has 0 saturated carbocycles. The van der Waals surface area contributed by atoms with Gasteiger partial charge in [-0.15, -0.1) is 0 Å². The van der Waals surface area contributed by atoms with Crippen LogP contribution in [0, 0.1) is 0 Å². The summed E-state index contributed by atoms with van der Waals surface area (Å²) in [5.41, 5.74) is 18.3. The van der Waals surface area contributed by atoms with E-state index >= 15 is 0 Å². The number of hydrogen-bond acceptors (Lipinski definition) is 2. The van der Waals surface area contributed by atoms with Gasteiger partial charge in [0.15, 0.2) is 5.82 Å². The topological polar surface area (TPSA) is 30.7 Å². The first kappa shape index (κ1) is 38.1. The molecule has 3 heteroatoms. The van der Waals surface area contributed by atoms with Gasteiger partial charge in [-0.25, -0.2) is 9.97 Å². The number of aromatic nitrogens is 3. The first-order valence-electron chi connectivity index (χ1n) is 22.8. The highest BCUT2D eigenvalue weighted by Gasteiger charge is 2.37. The molecule has 13 rings (SSSR count). The van der Waals surface area contributed by atoms with E-state index in [2.05, 4.69) is 237 Å². The van der Waals surface area contributed by atoms with Crippen LogP contribution in [0.5, 0.6) is 0 Å². The average Bonchev–Trinajstić information content (AvgIpc) is 3.83. The van der Waals surface area contributed by atoms with Crippen molar-refractivity contribution in [2.45, 2.75) is 19.3 Å². The molecule has 0 aliphatic heterocycles. The molecule has 0 bridgehead atoms. The van der Waals surface area contributed by atoms with Crippen molar-refractivity contribution in [3.8, 4) is 73.0 Å². The van der Waals surface area contributed by atoms with E-state index < -0.39 is 0 Å². The summed E-state index contributed by atoms with van der Waals surface area (Å²) in [5.74, 6) is 0.706. The van der Waals surface area contributed by atoms with E-state index in [0.29, 0.717) is 5.82 Å². The fourth-order valence-corrected chi connectivity index (χ4v) is 10.9. The second-order valence-electron chi connectivity index (χ2n) is 18.1. The maximum atomic E-state index is 5.41. The van der Waals surface area contributed by atoms with Gasteiger partial charge in [0.25, 0.3) is 0 Å². The lowest BCUT2D eigenvalue weighted by Gasteiger charge is -2.22. The summed E-state index contributed by atoms with van der Waals surface area (Å²) in [4.78, 5) is 10.8. The molecule has 0 spiro atoms. The Morgan fingerprint density at radius 2 is 0.909 bits per heavy atom. The van der Waals surface area contributed by atoms with Crippen LogP contribution in [0.1, 0.15) is 25.0 Å². The monoisotopic (exact) mass is 841 g/mol. The van der Waals surface area contributed by atoms with Gasteiger partial charge in [0.1, 0.15) is 0 Å². The Balaban J connectivity index is 1.02. The van der Waals surface area contributed by atoms with Crippen LogP contribution in [0.3, 0.4) is 0 Å². The number of nitrogens with zero attached hydrogens (tertiary/aromatic N) is 3. The molecule has 0 radical (unpaired) electrons. The highest BCUT2D eigenvalue weighted by Crippen LogP contribution is 2.53. The molecule has 3 nitrogen and oxygen atoms in total. The quantitative estimate of drug-likeness (QED) is 0.167. The lowest BCUT2D eigenvalue weighted by molar-refractivity contribution is 0.661. The number of hydrogen-bond donors (Lipinski definition) is 0. The van der Waals surface area contributed by atoms with Gasteiger partial charge in [-0.3, -0.25) is 0 Å². The van der Waals surface area contributed by atoms with Gasteiger partial charge in [0, 0.05) is 44.1 Å². The summed E-state index contributed by atoms with van der Waals surface area (Å²) in [6, 6.07) is 81.4. The van der Waals surface area contributed by atoms with E-state index in [4.69, 9.17) is 9.97 Å². The van der Waals surface area contributed by atoms with Crippen LogP contribution in [-0.4, -0.2) is 14.5 Å². The van der Waals surface area contributed by atoms with Crippen molar-refractivity contribution in [3.05, 3.63) is 236 Å². The van der Waals surface area contributed by atoms with Crippen molar-refractivity contribution in [1.82, 2.24) is 14.5 Å². The molecule has 12 aromatic rings. The van der Waals surface area contributed by atoms with Gasteiger partial charge in [-0.2, -0.15) is 0 Å². The minimum absolute atomic E-state index is 0.172. The van der Waals surface area contributed by atoms with E-state index in [-0.39, 0.29) is 5.41 Å². The zero-order valence-corrected chi connectivity index (χ0v) is 36.7. The minimum atomic E-state index is -0.172. The molecular weight excluding hydrogens is 799 g/mol. The molecule has 0 atom stereocenters. The third kappa shape index (κ3) is 5.83. The Labute approximate surface area is 384 Å². The fraction of sp³-hybridized carbons (Fsp3) is 0.0476. The number of para-hydroxylation sites is 3. The largest absolute Gasteiger partial charge is 0.309 e. The van der Waals surface area contributed by atoms with Gasteiger partial charge < -0.3 is 4.57 Å². The molecule has 0 amide bonds. The molecule has 0 unspecified atom stereocenters. The Hall–Kier alpha value is -8.40. The van der Waals surface area contributed by atoms with E-state index in [1.165, 1.54) is 82.5 Å². The molecule has 310 valence electrons. The van der Waals surface area contributed by atoms with Crippen molar-refractivity contribution in [3.63, 3.8) is 0 Å². The van der Waals surface area contributed by atoms with E-state index in [1.54, 1.807) is 0 Å². The van der Waals surface area contributed by atoms with Crippen LogP contribution >= 0.6 is 0 Å². The molecule has 2 aromatic heterocycles. The zero-order valence-electron chi connectivity index (χ0n) is 36.7. The second kappa shape index (κ2) is 14.8. The molecule has 10 aromatic carbocycles. The zero-order chi connectivity index (χ0) is 43.9. The highest BCUT2D eigenvalue weighted by molar-refractivity contribution is 6.16. The summed E-state index contributed by atoms with van der Waals surface area (Å²) in [6.45, 7) is 4.71. The fourth-order valence-electron chi connectivity index (χ4n) is 10.9. The third-order valence-electron chi connectivity index (χ3n) is 14.0. The first-order valence-corrected chi connectivity index (χ1v) is 22.8. The van der Waals surface area contributed by atoms with Crippen molar-refractivity contribution in [1.29, 1.82) is 0 Å². The van der Waals surface area contributed by atoms with E-state index in [0.717, 1.165) is 39.2 Å². The van der Waals surface area contributed by atoms with Gasteiger partial charge in [0.05, 0.1) is 22.4 Å². The standard InChI is InChI=1S/C63H43N3/c1-63(2)55-33-18-32-53(60(55)54-37-41-21-9-10-22-42(41)38-56(54)63)58-39-57(64-62(65-58)40-19-5-3-6-20-40)49-36-35-48(44-25-11-13-27-46(44)49)45-26-12-14-28-47(45)51-30-17-31-52-50-29-15-16-34-59(50)66(61(51)52)43-23-7-4-8-24-43/h3-39H,1-2H3. The Bertz CT molecular complexity index is 3900. The van der Waals surface area contributed by atoms with Crippen LogP contribution in [0.25, 0.3) is 116 Å². The van der Waals surface area contributed by atoms with E-state index in [9.17, 15) is 0 Å². The van der Waals surface area contributed by atoms with Crippen LogP contribution < -0.4 is 0 Å². The maximum Gasteiger partial charge on any atom is 0.160 e. The van der Waals surface area contributed by atoms with Gasteiger partial charge in [-0.1, -0.05) is 202 Å². The molecule has 66 heavy (non-hydrogen) atoms. The maximum absolute atomic E-state index is 5.41. The van der Waals surface area contributed by atoms with Crippen molar-refractivity contribution in [2.75, 3.05) is 0 Å². The summed E-state index contributed by atoms with van der Waals surface area (Å²) in [5, 5.41) is 7.29. The van der Waals surface area contributed by atoms with Crippen molar-refractivity contribution < 1.29 is 0 Å². The van der Waals surface area contributed by atoms with Crippen molar-refractivity contribution in [2.24, 2.45) is 0 Å². The summed E-state index contributed by atoms with van der Waals surface area (Å²) >= 11 is 0. The van der Waals surface area contributed by atoms with Crippen LogP contribution in [-0.2, 0) is 5.41 Å². The molecular formula is C63H43N3. The number of benzene rings is 10. The molecule has 0 saturated heterocycles. The number of fused-ring (bicyclic) bond motifs is 8. The summed E-state index contributed by atoms with van der Waals surface area (Å²) < 4.78 is 2.43. The van der Waals surface area contributed by atoms with Gasteiger partial charge >= 0.3 is 0 Å². The summed E-state index contributed by atoms with van der Waals surface area (Å²) in [6.07, 6.45) is 0. The lowest BCUT2D eigenvalue weighted by atomic mass is 9.81. The summed E-state index contributed by atoms with van der Waals surface area (Å²) in [7, 11) is 0. The second-order valence-corrected chi connectivity index (χ2v) is 18.1. The Morgan fingerprint density at radius 3 is 1.68 bits per heavy atom. The molecule has 0 N–H and O–H groups in total. The van der Waals surface area contributed by atoms with Crippen LogP contribution in [0.15, 0.2) is 224 Å². The van der Waals surface area contributed by atoms with Gasteiger partial charge in [-0.05, 0) is 96.9 Å². The Morgan fingerprint density at radius 1 is 0.364 bits per heavy atom. The predicted molar refractivity (Wildman–Crippen MR) is 276 cm³/mol. The molecule has 1 aliphatic carbocycles. The predicted octanol–water partition coefficient (Wildman–Crippen LogP) is 16.5. The average molecular weight is 842 g/mol. The SMILES string of the molecule is CC1(C)c2cc3ccccc3cc2-c2c(-c3cc(-c4ccc(-c5ccccc5-c5cccc6c7ccccc7n(-c7ccccc7)c56)c5ccccc45)nc(-c4ccccc4)n3)cccc21. The normalized spacial score (nSPS) is 12.8. The smallest absolute Gasteiger partial charge is 0.160 e. The molecule has 2 heterocycles. The van der Waals surface area contributed by atoms with Crippen molar-refractivity contribution >= 4 is 43.4 Å². The number of rotatable bonds is 6. The van der Waals surface area contributed by atoms with E-state index in [1.807, 2.05) is 6.07 Å². The lowest BCUT2D eigenvalue weighted by Crippen LogP contribution is -2.14. The first-order chi connectivity index (χ1) is 32.5. The highest BCUT2D eigenvalue weighted by atomic mass is 15.0. The Kier molecular flexibility index (Phi) is 8.56. The molecule has 0 fully saturated rings. The van der Waals surface area contributed by atoms with Crippen LogP contribution in [0.4, 0.5) is 0 Å². The minimum Gasteiger partial charge on any atom is -0.309 e. The van der Waals surface area contributed by atoms with Crippen LogP contribution in [0.2, 0.25) is 0 Å². The molecule has 1 aliphatic rings.